The molecular weight excluding hydrogens is 391 g/mol. The number of rotatable bonds is 0. The first-order valence-corrected chi connectivity index (χ1v) is 9.79. The summed E-state index contributed by atoms with van der Waals surface area (Å²) >= 11 is 5.96. The van der Waals surface area contributed by atoms with Gasteiger partial charge in [0.25, 0.3) is 0 Å². The Bertz CT molecular complexity index is 869. The Morgan fingerprint density at radius 2 is 2.00 bits per heavy atom. The molecule has 3 aliphatic heterocycles. The quantitative estimate of drug-likeness (QED) is 0.664. The van der Waals surface area contributed by atoms with E-state index in [1.54, 1.807) is 4.68 Å². The van der Waals surface area contributed by atoms with Crippen LogP contribution >= 0.6 is 11.6 Å². The summed E-state index contributed by atoms with van der Waals surface area (Å²) in [7, 11) is 1.87. The fourth-order valence-electron chi connectivity index (χ4n) is 3.90. The first-order chi connectivity index (χ1) is 13.3. The maximum atomic E-state index is 13.4. The van der Waals surface area contributed by atoms with E-state index >= 15 is 0 Å². The Morgan fingerprint density at radius 1 is 1.25 bits per heavy atom. The second-order valence-electron chi connectivity index (χ2n) is 7.34. The van der Waals surface area contributed by atoms with Gasteiger partial charge in [0.05, 0.1) is 16.3 Å². The molecule has 0 aromatic heterocycles. The van der Waals surface area contributed by atoms with Gasteiger partial charge in [0.1, 0.15) is 0 Å². The highest BCUT2D eigenvalue weighted by Crippen LogP contribution is 2.40. The molecule has 1 fully saturated rings. The molecule has 1 saturated heterocycles. The molecule has 1 N–H and O–H groups in total. The Hall–Kier alpha value is -1.93. The molecule has 0 saturated carbocycles. The van der Waals surface area contributed by atoms with Crippen molar-refractivity contribution in [3.05, 3.63) is 28.3 Å². The van der Waals surface area contributed by atoms with Gasteiger partial charge in [-0.15, -0.1) is 0 Å². The molecule has 4 rings (SSSR count). The van der Waals surface area contributed by atoms with Crippen LogP contribution in [-0.2, 0) is 12.6 Å². The summed E-state index contributed by atoms with van der Waals surface area (Å²) in [4.78, 5) is 6.87. The number of aryl methyl sites for hydroxylation is 1. The number of hydrogen-bond acceptors (Lipinski definition) is 4. The van der Waals surface area contributed by atoms with E-state index < -0.39 is 11.7 Å². The number of hydrazone groups is 1. The molecule has 0 radical (unpaired) electrons. The molecule has 0 bridgehead atoms. The van der Waals surface area contributed by atoms with Crippen LogP contribution in [0.5, 0.6) is 0 Å². The number of hydrogen-bond donors (Lipinski definition) is 1. The van der Waals surface area contributed by atoms with Crippen molar-refractivity contribution in [1.29, 1.82) is 0 Å². The van der Waals surface area contributed by atoms with Crippen LogP contribution in [-0.4, -0.2) is 60.6 Å². The van der Waals surface area contributed by atoms with Crippen LogP contribution in [0.3, 0.4) is 0 Å². The molecule has 1 unspecified atom stereocenters. The fraction of sp³-hybridized carbons (Fsp3) is 0.526. The van der Waals surface area contributed by atoms with Gasteiger partial charge >= 0.3 is 6.18 Å². The normalized spacial score (nSPS) is 23.0. The third kappa shape index (κ3) is 3.80. The summed E-state index contributed by atoms with van der Waals surface area (Å²) in [5.74, 6) is 0.877. The molecule has 5 nitrogen and oxygen atoms in total. The highest BCUT2D eigenvalue weighted by Gasteiger charge is 2.36. The average Bonchev–Trinajstić information content (AvgIpc) is 2.64. The van der Waals surface area contributed by atoms with Gasteiger partial charge in [0.2, 0.25) is 0 Å². The third-order valence-corrected chi connectivity index (χ3v) is 5.73. The van der Waals surface area contributed by atoms with Crippen LogP contribution in [0.15, 0.2) is 22.2 Å². The van der Waals surface area contributed by atoms with Crippen molar-refractivity contribution in [2.24, 2.45) is 16.0 Å². The van der Waals surface area contributed by atoms with Crippen LogP contribution in [0.4, 0.5) is 18.9 Å². The van der Waals surface area contributed by atoms with E-state index in [2.05, 4.69) is 15.3 Å². The Kier molecular flexibility index (Phi) is 5.18. The number of amidine groups is 1. The predicted octanol–water partition coefficient (Wildman–Crippen LogP) is 3.33. The highest BCUT2D eigenvalue weighted by atomic mass is 35.5. The summed E-state index contributed by atoms with van der Waals surface area (Å²) in [6.07, 6.45) is -0.231. The van der Waals surface area contributed by atoms with Gasteiger partial charge in [-0.2, -0.15) is 13.2 Å². The summed E-state index contributed by atoms with van der Waals surface area (Å²) in [5, 5.41) is 7.71. The first-order valence-electron chi connectivity index (χ1n) is 9.42. The monoisotopic (exact) mass is 412 g/mol. The van der Waals surface area contributed by atoms with Crippen molar-refractivity contribution in [2.75, 3.05) is 33.2 Å². The second-order valence-corrected chi connectivity index (χ2v) is 7.75. The van der Waals surface area contributed by atoms with Crippen LogP contribution < -0.4 is 5.32 Å². The molecule has 0 aliphatic carbocycles. The number of halogens is 4. The number of nitrogens with zero attached hydrogens (tertiary/aromatic N) is 4. The van der Waals surface area contributed by atoms with Crippen molar-refractivity contribution in [2.45, 2.75) is 25.4 Å². The van der Waals surface area contributed by atoms with Crippen molar-refractivity contribution in [1.82, 2.24) is 10.2 Å². The third-order valence-electron chi connectivity index (χ3n) is 5.41. The molecule has 0 amide bonds. The molecule has 1 atom stereocenters. The lowest BCUT2D eigenvalue weighted by atomic mass is 9.88. The maximum Gasteiger partial charge on any atom is 0.417 e. The van der Waals surface area contributed by atoms with Gasteiger partial charge in [0, 0.05) is 38.5 Å². The first kappa shape index (κ1) is 19.4. The minimum atomic E-state index is -4.51. The van der Waals surface area contributed by atoms with E-state index in [1.165, 1.54) is 6.07 Å². The van der Waals surface area contributed by atoms with Gasteiger partial charge < -0.3 is 10.2 Å². The van der Waals surface area contributed by atoms with E-state index in [1.807, 2.05) is 13.3 Å². The molecule has 3 aliphatic rings. The minimum Gasteiger partial charge on any atom is -0.352 e. The number of benzene rings is 1. The van der Waals surface area contributed by atoms with Crippen molar-refractivity contribution >= 4 is 35.1 Å². The highest BCUT2D eigenvalue weighted by molar-refractivity contribution is 6.42. The fourth-order valence-corrected chi connectivity index (χ4v) is 4.19. The standard InChI is InChI=1S/C19H22ClF3N5/c1-27-7-4-12-2-3-13-10-15(20)14(19(21,22)23)11-16(13)25-18(17(12)26-27)28-8-5-24-6-9-28/h7,10-12,24H,2-6,8-9H2,1H3/q+1. The maximum absolute atomic E-state index is 13.4. The Morgan fingerprint density at radius 3 is 2.71 bits per heavy atom. The zero-order valence-corrected chi connectivity index (χ0v) is 16.3. The molecule has 3 heterocycles. The van der Waals surface area contributed by atoms with Crippen LogP contribution in [0.2, 0.25) is 5.02 Å². The van der Waals surface area contributed by atoms with Crippen molar-refractivity contribution < 1.29 is 17.9 Å². The number of alkyl halides is 3. The lowest BCUT2D eigenvalue weighted by Crippen LogP contribution is -2.50. The van der Waals surface area contributed by atoms with Gasteiger partial charge in [0.15, 0.2) is 24.8 Å². The summed E-state index contributed by atoms with van der Waals surface area (Å²) in [5.41, 5.74) is 1.11. The number of nitrogens with one attached hydrogen (secondary N) is 1. The van der Waals surface area contributed by atoms with Gasteiger partial charge in [-0.3, -0.25) is 0 Å². The SMILES string of the molecule is C[N+]1=CCC2CCc3cc(Cl)c(C(F)(F)F)cc3N=C(N3CCNCC3)C2=N1. The summed E-state index contributed by atoms with van der Waals surface area (Å²) < 4.78 is 41.9. The van der Waals surface area contributed by atoms with Crippen molar-refractivity contribution in [3.8, 4) is 0 Å². The summed E-state index contributed by atoms with van der Waals surface area (Å²) in [6, 6.07) is 2.51. The van der Waals surface area contributed by atoms with Crippen molar-refractivity contribution in [3.63, 3.8) is 0 Å². The smallest absolute Gasteiger partial charge is 0.352 e. The number of fused-ring (bicyclic) bond motifs is 2. The number of aliphatic imine (C=N–C) groups is 1. The van der Waals surface area contributed by atoms with E-state index in [4.69, 9.17) is 16.6 Å². The zero-order chi connectivity index (χ0) is 19.9. The van der Waals surface area contributed by atoms with E-state index in [0.29, 0.717) is 17.9 Å². The topological polar surface area (TPSA) is 43.0 Å². The van der Waals surface area contributed by atoms with E-state index in [0.717, 1.165) is 56.4 Å². The molecular formula is C19H22ClF3N5+. The minimum absolute atomic E-state index is 0.194. The van der Waals surface area contributed by atoms with E-state index in [-0.39, 0.29) is 10.9 Å². The zero-order valence-electron chi connectivity index (χ0n) is 15.6. The molecule has 9 heteroatoms. The number of piperazine rings is 1. The average molecular weight is 413 g/mol. The predicted molar refractivity (Wildman–Crippen MR) is 104 cm³/mol. The Labute approximate surface area is 166 Å². The summed E-state index contributed by atoms with van der Waals surface area (Å²) in [6.45, 7) is 3.10. The lowest BCUT2D eigenvalue weighted by Gasteiger charge is -2.33. The van der Waals surface area contributed by atoms with Gasteiger partial charge in [-0.25, -0.2) is 4.99 Å². The van der Waals surface area contributed by atoms with E-state index in [9.17, 15) is 13.2 Å². The molecule has 1 aromatic rings. The second kappa shape index (κ2) is 7.48. The molecule has 0 spiro atoms. The lowest BCUT2D eigenvalue weighted by molar-refractivity contribution is -0.500. The Balaban J connectivity index is 1.87. The van der Waals surface area contributed by atoms with Gasteiger partial charge in [-0.05, 0) is 35.6 Å². The van der Waals surface area contributed by atoms with Crippen LogP contribution in [0, 0.1) is 5.92 Å². The molecule has 1 aromatic carbocycles. The largest absolute Gasteiger partial charge is 0.417 e. The molecule has 28 heavy (non-hydrogen) atoms. The van der Waals surface area contributed by atoms with Crippen LogP contribution in [0.1, 0.15) is 24.0 Å². The van der Waals surface area contributed by atoms with Gasteiger partial charge in [-0.1, -0.05) is 16.3 Å². The van der Waals surface area contributed by atoms with Crippen LogP contribution in [0.25, 0.3) is 0 Å². The molecule has 150 valence electrons.